The van der Waals surface area contributed by atoms with Crippen LogP contribution in [0.4, 0.5) is 11.9 Å². The molecule has 7 heteroatoms. The van der Waals surface area contributed by atoms with Crippen LogP contribution in [-0.4, -0.2) is 44.6 Å². The SMILES string of the molecule is CNc1nc(N2CCCCC2)nc(-n2ccnc2)n1. The molecule has 0 aromatic carbocycles. The van der Waals surface area contributed by atoms with E-state index < -0.39 is 0 Å². The van der Waals surface area contributed by atoms with Gasteiger partial charge >= 0.3 is 0 Å². The van der Waals surface area contributed by atoms with E-state index >= 15 is 0 Å². The molecule has 0 radical (unpaired) electrons. The number of piperidine rings is 1. The molecular weight excluding hydrogens is 242 g/mol. The van der Waals surface area contributed by atoms with Crippen LogP contribution in [0.2, 0.25) is 0 Å². The lowest BCUT2D eigenvalue weighted by Gasteiger charge is -2.26. The number of hydrogen-bond donors (Lipinski definition) is 1. The Morgan fingerprint density at radius 2 is 1.84 bits per heavy atom. The molecule has 0 bridgehead atoms. The van der Waals surface area contributed by atoms with Crippen molar-refractivity contribution in [2.24, 2.45) is 0 Å². The summed E-state index contributed by atoms with van der Waals surface area (Å²) in [7, 11) is 1.81. The summed E-state index contributed by atoms with van der Waals surface area (Å²) in [6.45, 7) is 2.02. The van der Waals surface area contributed by atoms with Crippen molar-refractivity contribution in [3.8, 4) is 5.95 Å². The number of anilines is 2. The molecule has 0 saturated carbocycles. The standard InChI is InChI=1S/C12H17N7/c1-13-10-15-11(18-6-3-2-4-7-18)17-12(16-10)19-8-5-14-9-19/h5,8-9H,2-4,6-7H2,1H3,(H,13,15,16,17). The second-order valence-corrected chi connectivity index (χ2v) is 4.53. The van der Waals surface area contributed by atoms with E-state index in [4.69, 9.17) is 0 Å². The minimum Gasteiger partial charge on any atom is -0.357 e. The Bertz CT molecular complexity index is 531. The molecule has 0 aliphatic carbocycles. The van der Waals surface area contributed by atoms with E-state index in [0.717, 1.165) is 19.0 Å². The summed E-state index contributed by atoms with van der Waals surface area (Å²) < 4.78 is 1.79. The van der Waals surface area contributed by atoms with Gasteiger partial charge in [-0.25, -0.2) is 4.98 Å². The number of imidazole rings is 1. The van der Waals surface area contributed by atoms with Gasteiger partial charge in [-0.1, -0.05) is 0 Å². The predicted molar refractivity (Wildman–Crippen MR) is 72.6 cm³/mol. The number of nitrogens with zero attached hydrogens (tertiary/aromatic N) is 6. The Hall–Kier alpha value is -2.18. The average Bonchev–Trinajstić information content (AvgIpc) is 3.02. The maximum Gasteiger partial charge on any atom is 0.241 e. The zero-order valence-corrected chi connectivity index (χ0v) is 11.0. The van der Waals surface area contributed by atoms with Crippen LogP contribution < -0.4 is 10.2 Å². The van der Waals surface area contributed by atoms with Gasteiger partial charge in [-0.3, -0.25) is 4.57 Å². The molecule has 3 rings (SSSR count). The summed E-state index contributed by atoms with van der Waals surface area (Å²) in [5.74, 6) is 1.92. The van der Waals surface area contributed by atoms with E-state index in [1.165, 1.54) is 19.3 Å². The van der Waals surface area contributed by atoms with Crippen molar-refractivity contribution in [1.82, 2.24) is 24.5 Å². The number of nitrogens with one attached hydrogen (secondary N) is 1. The molecule has 3 heterocycles. The van der Waals surface area contributed by atoms with E-state index in [2.05, 4.69) is 30.2 Å². The monoisotopic (exact) mass is 259 g/mol. The van der Waals surface area contributed by atoms with Crippen molar-refractivity contribution < 1.29 is 0 Å². The molecule has 2 aromatic heterocycles. The second kappa shape index (κ2) is 5.21. The summed E-state index contributed by atoms with van der Waals surface area (Å²) in [4.78, 5) is 19.6. The molecule has 0 amide bonds. The lowest BCUT2D eigenvalue weighted by molar-refractivity contribution is 0.567. The quantitative estimate of drug-likeness (QED) is 0.889. The van der Waals surface area contributed by atoms with Gasteiger partial charge in [0.25, 0.3) is 0 Å². The molecule has 7 nitrogen and oxygen atoms in total. The van der Waals surface area contributed by atoms with Crippen LogP contribution in [0.1, 0.15) is 19.3 Å². The first kappa shape index (κ1) is 11.9. The van der Waals surface area contributed by atoms with E-state index in [9.17, 15) is 0 Å². The second-order valence-electron chi connectivity index (χ2n) is 4.53. The third-order valence-corrected chi connectivity index (χ3v) is 3.21. The van der Waals surface area contributed by atoms with Gasteiger partial charge < -0.3 is 10.2 Å². The summed E-state index contributed by atoms with van der Waals surface area (Å²) in [6.07, 6.45) is 8.91. The fourth-order valence-corrected chi connectivity index (χ4v) is 2.19. The highest BCUT2D eigenvalue weighted by Crippen LogP contribution is 2.17. The number of aromatic nitrogens is 5. The van der Waals surface area contributed by atoms with Crippen molar-refractivity contribution in [1.29, 1.82) is 0 Å². The summed E-state index contributed by atoms with van der Waals surface area (Å²) in [5.41, 5.74) is 0. The van der Waals surface area contributed by atoms with Gasteiger partial charge in [0.15, 0.2) is 0 Å². The lowest BCUT2D eigenvalue weighted by atomic mass is 10.1. The highest BCUT2D eigenvalue weighted by atomic mass is 15.3. The van der Waals surface area contributed by atoms with Crippen molar-refractivity contribution in [2.45, 2.75) is 19.3 Å². The minimum absolute atomic E-state index is 0.583. The van der Waals surface area contributed by atoms with Gasteiger partial charge in [0.1, 0.15) is 6.33 Å². The highest BCUT2D eigenvalue weighted by molar-refractivity contribution is 5.40. The van der Waals surface area contributed by atoms with Crippen LogP contribution in [-0.2, 0) is 0 Å². The van der Waals surface area contributed by atoms with Crippen molar-refractivity contribution in [3.63, 3.8) is 0 Å². The minimum atomic E-state index is 0.583. The van der Waals surface area contributed by atoms with Gasteiger partial charge in [0.05, 0.1) is 0 Å². The van der Waals surface area contributed by atoms with Crippen molar-refractivity contribution in [2.75, 3.05) is 30.4 Å². The number of rotatable bonds is 3. The average molecular weight is 259 g/mol. The zero-order chi connectivity index (χ0) is 13.1. The first-order valence-corrected chi connectivity index (χ1v) is 6.54. The summed E-state index contributed by atoms with van der Waals surface area (Å²) in [5, 5.41) is 2.99. The Morgan fingerprint density at radius 3 is 2.53 bits per heavy atom. The lowest BCUT2D eigenvalue weighted by Crippen LogP contribution is -2.31. The fourth-order valence-electron chi connectivity index (χ4n) is 2.19. The Labute approximate surface area is 111 Å². The highest BCUT2D eigenvalue weighted by Gasteiger charge is 2.16. The first-order chi connectivity index (χ1) is 9.36. The molecule has 1 saturated heterocycles. The Balaban J connectivity index is 1.97. The smallest absolute Gasteiger partial charge is 0.241 e. The zero-order valence-electron chi connectivity index (χ0n) is 11.0. The van der Waals surface area contributed by atoms with Gasteiger partial charge in [0, 0.05) is 32.5 Å². The van der Waals surface area contributed by atoms with Gasteiger partial charge in [-0.15, -0.1) is 0 Å². The van der Waals surface area contributed by atoms with Gasteiger partial charge in [-0.05, 0) is 19.3 Å². The molecule has 1 N–H and O–H groups in total. The maximum absolute atomic E-state index is 4.53. The maximum atomic E-state index is 4.53. The molecule has 19 heavy (non-hydrogen) atoms. The Morgan fingerprint density at radius 1 is 1.05 bits per heavy atom. The van der Waals surface area contributed by atoms with E-state index in [1.807, 2.05) is 13.2 Å². The van der Waals surface area contributed by atoms with E-state index in [1.54, 1.807) is 17.1 Å². The number of hydrogen-bond acceptors (Lipinski definition) is 6. The Kier molecular flexibility index (Phi) is 3.26. The van der Waals surface area contributed by atoms with Crippen LogP contribution in [0.3, 0.4) is 0 Å². The molecule has 1 fully saturated rings. The molecule has 1 aliphatic heterocycles. The molecule has 1 aliphatic rings. The van der Waals surface area contributed by atoms with E-state index in [-0.39, 0.29) is 0 Å². The normalized spacial score (nSPS) is 15.5. The van der Waals surface area contributed by atoms with Crippen LogP contribution in [0, 0.1) is 0 Å². The first-order valence-electron chi connectivity index (χ1n) is 6.54. The molecule has 100 valence electrons. The molecule has 0 unspecified atom stereocenters. The molecule has 0 atom stereocenters. The predicted octanol–water partition coefficient (Wildman–Crippen LogP) is 1.09. The van der Waals surface area contributed by atoms with Crippen molar-refractivity contribution >= 4 is 11.9 Å². The molecule has 0 spiro atoms. The largest absolute Gasteiger partial charge is 0.357 e. The third kappa shape index (κ3) is 2.49. The molecule has 2 aromatic rings. The van der Waals surface area contributed by atoms with Gasteiger partial charge in [-0.2, -0.15) is 15.0 Å². The van der Waals surface area contributed by atoms with Crippen LogP contribution in [0.25, 0.3) is 5.95 Å². The topological polar surface area (TPSA) is 71.8 Å². The van der Waals surface area contributed by atoms with Crippen LogP contribution >= 0.6 is 0 Å². The van der Waals surface area contributed by atoms with Gasteiger partial charge in [0.2, 0.25) is 17.8 Å². The third-order valence-electron chi connectivity index (χ3n) is 3.21. The summed E-state index contributed by atoms with van der Waals surface area (Å²) >= 11 is 0. The molecular formula is C12H17N7. The van der Waals surface area contributed by atoms with Crippen LogP contribution in [0.15, 0.2) is 18.7 Å². The van der Waals surface area contributed by atoms with Crippen molar-refractivity contribution in [3.05, 3.63) is 18.7 Å². The van der Waals surface area contributed by atoms with E-state index in [0.29, 0.717) is 11.9 Å². The summed E-state index contributed by atoms with van der Waals surface area (Å²) in [6, 6.07) is 0. The fraction of sp³-hybridized carbons (Fsp3) is 0.500. The van der Waals surface area contributed by atoms with Crippen LogP contribution in [0.5, 0.6) is 0 Å².